The maximum Gasteiger partial charge on any atom is 0.130 e. The van der Waals surface area contributed by atoms with Crippen molar-refractivity contribution < 1.29 is 9.50 Å². The van der Waals surface area contributed by atoms with Gasteiger partial charge in [-0.1, -0.05) is 24.6 Å². The fraction of sp³-hybridized carbons (Fsp3) is 0.214. The van der Waals surface area contributed by atoms with E-state index in [0.29, 0.717) is 5.02 Å². The fourth-order valence-electron chi connectivity index (χ4n) is 1.86. The quantitative estimate of drug-likeness (QED) is 0.918. The van der Waals surface area contributed by atoms with Crippen molar-refractivity contribution in [1.29, 1.82) is 0 Å². The zero-order chi connectivity index (χ0) is 13.1. The lowest BCUT2D eigenvalue weighted by Gasteiger charge is -2.20. The second kappa shape index (κ2) is 5.46. The molecule has 2 aromatic rings. The Labute approximate surface area is 110 Å². The van der Waals surface area contributed by atoms with Crippen molar-refractivity contribution in [3.05, 3.63) is 64.7 Å². The Kier molecular flexibility index (Phi) is 3.94. The summed E-state index contributed by atoms with van der Waals surface area (Å²) >= 11 is 5.69. The third-order valence-corrected chi connectivity index (χ3v) is 3.22. The molecular formula is C14H13ClFNO. The van der Waals surface area contributed by atoms with Crippen molar-refractivity contribution >= 4 is 11.6 Å². The van der Waals surface area contributed by atoms with E-state index in [9.17, 15) is 9.50 Å². The SMILES string of the molecule is CC(c1ccncc1)C(O)c1ccc(Cl)cc1F. The van der Waals surface area contributed by atoms with Gasteiger partial charge in [-0.2, -0.15) is 0 Å². The molecule has 0 aliphatic heterocycles. The van der Waals surface area contributed by atoms with Crippen LogP contribution in [0.15, 0.2) is 42.7 Å². The number of rotatable bonds is 3. The van der Waals surface area contributed by atoms with Gasteiger partial charge in [0.2, 0.25) is 0 Å². The standard InChI is InChI=1S/C14H13ClFNO/c1-9(10-4-6-17-7-5-10)14(18)12-3-2-11(15)8-13(12)16/h2-9,14,18H,1H3. The predicted molar refractivity (Wildman–Crippen MR) is 69.0 cm³/mol. The molecule has 1 N–H and O–H groups in total. The molecule has 18 heavy (non-hydrogen) atoms. The average molecular weight is 266 g/mol. The lowest BCUT2D eigenvalue weighted by atomic mass is 9.91. The molecule has 0 saturated carbocycles. The molecule has 1 heterocycles. The third kappa shape index (κ3) is 2.68. The Morgan fingerprint density at radius 2 is 1.89 bits per heavy atom. The zero-order valence-corrected chi connectivity index (χ0v) is 10.6. The number of hydrogen-bond donors (Lipinski definition) is 1. The smallest absolute Gasteiger partial charge is 0.130 e. The Hall–Kier alpha value is -1.45. The van der Waals surface area contributed by atoms with E-state index >= 15 is 0 Å². The minimum Gasteiger partial charge on any atom is -0.388 e. The maximum atomic E-state index is 13.7. The van der Waals surface area contributed by atoms with Crippen LogP contribution in [0.1, 0.15) is 30.1 Å². The largest absolute Gasteiger partial charge is 0.388 e. The van der Waals surface area contributed by atoms with Crippen molar-refractivity contribution in [2.45, 2.75) is 18.9 Å². The van der Waals surface area contributed by atoms with Crippen LogP contribution in [0, 0.1) is 5.82 Å². The highest BCUT2D eigenvalue weighted by molar-refractivity contribution is 6.30. The molecule has 1 aromatic heterocycles. The fourth-order valence-corrected chi connectivity index (χ4v) is 2.02. The second-order valence-electron chi connectivity index (χ2n) is 4.18. The molecule has 0 amide bonds. The van der Waals surface area contributed by atoms with Gasteiger partial charge in [0, 0.05) is 28.9 Å². The molecule has 0 aliphatic carbocycles. The van der Waals surface area contributed by atoms with Crippen LogP contribution in [0.4, 0.5) is 4.39 Å². The van der Waals surface area contributed by atoms with E-state index in [2.05, 4.69) is 4.98 Å². The van der Waals surface area contributed by atoms with E-state index in [1.54, 1.807) is 18.5 Å². The number of hydrogen-bond acceptors (Lipinski definition) is 2. The van der Waals surface area contributed by atoms with Crippen LogP contribution in [0.5, 0.6) is 0 Å². The van der Waals surface area contributed by atoms with Crippen LogP contribution in [0.25, 0.3) is 0 Å². The van der Waals surface area contributed by atoms with Crippen molar-refractivity contribution in [3.63, 3.8) is 0 Å². The van der Waals surface area contributed by atoms with E-state index in [1.807, 2.05) is 19.1 Å². The molecule has 1 aromatic carbocycles. The highest BCUT2D eigenvalue weighted by Crippen LogP contribution is 2.32. The summed E-state index contributed by atoms with van der Waals surface area (Å²) in [5.74, 6) is -0.709. The Bertz CT molecular complexity index is 533. The van der Waals surface area contributed by atoms with Gasteiger partial charge >= 0.3 is 0 Å². The summed E-state index contributed by atoms with van der Waals surface area (Å²) in [5.41, 5.74) is 1.16. The van der Waals surface area contributed by atoms with Gasteiger partial charge in [-0.25, -0.2) is 4.39 Å². The molecule has 0 spiro atoms. The van der Waals surface area contributed by atoms with Crippen LogP contribution >= 0.6 is 11.6 Å². The lowest BCUT2D eigenvalue weighted by molar-refractivity contribution is 0.147. The third-order valence-electron chi connectivity index (χ3n) is 2.99. The van der Waals surface area contributed by atoms with Crippen molar-refractivity contribution in [2.75, 3.05) is 0 Å². The molecule has 0 fully saturated rings. The van der Waals surface area contributed by atoms with E-state index in [-0.39, 0.29) is 11.5 Å². The summed E-state index contributed by atoms with van der Waals surface area (Å²) in [5, 5.41) is 10.5. The van der Waals surface area contributed by atoms with Gasteiger partial charge in [-0.15, -0.1) is 0 Å². The van der Waals surface area contributed by atoms with Crippen LogP contribution in [-0.4, -0.2) is 10.1 Å². The normalized spacial score (nSPS) is 14.2. The number of pyridine rings is 1. The molecule has 2 atom stereocenters. The Morgan fingerprint density at radius 3 is 2.50 bits per heavy atom. The Balaban J connectivity index is 2.28. The molecule has 94 valence electrons. The van der Waals surface area contributed by atoms with E-state index in [1.165, 1.54) is 12.1 Å². The monoisotopic (exact) mass is 265 g/mol. The summed E-state index contributed by atoms with van der Waals surface area (Å²) in [6, 6.07) is 7.91. The molecule has 0 bridgehead atoms. The van der Waals surface area contributed by atoms with Crippen LogP contribution in [0.3, 0.4) is 0 Å². The highest BCUT2D eigenvalue weighted by Gasteiger charge is 2.21. The number of halogens is 2. The number of benzene rings is 1. The average Bonchev–Trinajstić information content (AvgIpc) is 2.38. The molecular weight excluding hydrogens is 253 g/mol. The van der Waals surface area contributed by atoms with Crippen molar-refractivity contribution in [1.82, 2.24) is 4.98 Å². The topological polar surface area (TPSA) is 33.1 Å². The van der Waals surface area contributed by atoms with E-state index in [4.69, 9.17) is 11.6 Å². The van der Waals surface area contributed by atoms with Gasteiger partial charge in [0.25, 0.3) is 0 Å². The van der Waals surface area contributed by atoms with Crippen LogP contribution in [-0.2, 0) is 0 Å². The van der Waals surface area contributed by atoms with Gasteiger partial charge in [0.05, 0.1) is 6.10 Å². The first kappa shape index (κ1) is 13.0. The summed E-state index contributed by atoms with van der Waals surface area (Å²) in [7, 11) is 0. The van der Waals surface area contributed by atoms with Crippen LogP contribution < -0.4 is 0 Å². The van der Waals surface area contributed by atoms with Crippen molar-refractivity contribution in [3.8, 4) is 0 Å². The number of aliphatic hydroxyl groups excluding tert-OH is 1. The van der Waals surface area contributed by atoms with E-state index in [0.717, 1.165) is 5.56 Å². The summed E-state index contributed by atoms with van der Waals surface area (Å²) in [6.07, 6.45) is 2.39. The number of aromatic nitrogens is 1. The molecule has 0 saturated heterocycles. The minimum absolute atomic E-state index is 0.219. The van der Waals surface area contributed by atoms with Gasteiger partial charge in [0.1, 0.15) is 5.82 Å². The van der Waals surface area contributed by atoms with Gasteiger partial charge in [0.15, 0.2) is 0 Å². The minimum atomic E-state index is -0.912. The molecule has 2 nitrogen and oxygen atoms in total. The number of nitrogens with zero attached hydrogens (tertiary/aromatic N) is 1. The van der Waals surface area contributed by atoms with Gasteiger partial charge < -0.3 is 5.11 Å². The van der Waals surface area contributed by atoms with Gasteiger partial charge in [-0.05, 0) is 29.8 Å². The zero-order valence-electron chi connectivity index (χ0n) is 9.85. The van der Waals surface area contributed by atoms with Crippen LogP contribution in [0.2, 0.25) is 5.02 Å². The first-order valence-corrected chi connectivity index (χ1v) is 6.00. The second-order valence-corrected chi connectivity index (χ2v) is 4.62. The van der Waals surface area contributed by atoms with Gasteiger partial charge in [-0.3, -0.25) is 4.98 Å². The maximum absolute atomic E-state index is 13.7. The lowest BCUT2D eigenvalue weighted by Crippen LogP contribution is -2.09. The summed E-state index contributed by atoms with van der Waals surface area (Å²) in [6.45, 7) is 1.84. The first-order valence-electron chi connectivity index (χ1n) is 5.62. The molecule has 0 aliphatic rings. The number of aliphatic hydroxyl groups is 1. The molecule has 4 heteroatoms. The molecule has 2 unspecified atom stereocenters. The Morgan fingerprint density at radius 1 is 1.22 bits per heavy atom. The molecule has 2 rings (SSSR count). The summed E-state index contributed by atoms with van der Waals surface area (Å²) in [4.78, 5) is 3.92. The molecule has 0 radical (unpaired) electrons. The van der Waals surface area contributed by atoms with Crippen molar-refractivity contribution in [2.24, 2.45) is 0 Å². The first-order chi connectivity index (χ1) is 8.59. The predicted octanol–water partition coefficient (Wildman–Crippen LogP) is 3.71. The highest BCUT2D eigenvalue weighted by atomic mass is 35.5. The summed E-state index contributed by atoms with van der Waals surface area (Å²) < 4.78 is 13.7. The van der Waals surface area contributed by atoms with E-state index < -0.39 is 11.9 Å².